The molecular weight excluding hydrogens is 411 g/mol. The number of carbonyl (C=O) groups is 1. The summed E-state index contributed by atoms with van der Waals surface area (Å²) in [6.07, 6.45) is 5.64. The van der Waals surface area contributed by atoms with Crippen molar-refractivity contribution < 1.29 is 13.9 Å². The molecule has 1 aromatic rings. The number of nitrogens with one attached hydrogen (secondary N) is 1. The van der Waals surface area contributed by atoms with Gasteiger partial charge in [0.05, 0.1) is 12.8 Å². The highest BCUT2D eigenvalue weighted by Crippen LogP contribution is 2.47. The van der Waals surface area contributed by atoms with E-state index in [4.69, 9.17) is 15.9 Å². The Morgan fingerprint density at radius 1 is 1.38 bits per heavy atom. The minimum absolute atomic E-state index is 0.191. The number of rotatable bonds is 5. The zero-order valence-electron chi connectivity index (χ0n) is 18.9. The van der Waals surface area contributed by atoms with E-state index in [0.29, 0.717) is 35.3 Å². The van der Waals surface area contributed by atoms with Gasteiger partial charge in [0.15, 0.2) is 0 Å². The predicted octanol–water partition coefficient (Wildman–Crippen LogP) is 2.69. The van der Waals surface area contributed by atoms with Crippen LogP contribution in [0.3, 0.4) is 0 Å². The fourth-order valence-corrected chi connectivity index (χ4v) is 5.47. The third-order valence-electron chi connectivity index (χ3n) is 7.08. The lowest BCUT2D eigenvalue weighted by molar-refractivity contribution is -0.00294. The normalized spacial score (nSPS) is 23.7. The van der Waals surface area contributed by atoms with Crippen LogP contribution >= 0.6 is 0 Å². The fraction of sp³-hybridized carbons (Fsp3) is 0.609. The summed E-state index contributed by atoms with van der Waals surface area (Å²) in [4.78, 5) is 22.8. The number of amides is 1. The number of nitrogens with two attached hydrogens (primary N) is 1. The lowest BCUT2D eigenvalue weighted by Gasteiger charge is -2.48. The number of carbonyl (C=O) groups excluding carboxylic acids is 1. The summed E-state index contributed by atoms with van der Waals surface area (Å²) in [5.74, 6) is 0.248. The van der Waals surface area contributed by atoms with Gasteiger partial charge in [0.1, 0.15) is 11.6 Å². The molecule has 0 radical (unpaired) electrons. The molecule has 3 aliphatic rings. The van der Waals surface area contributed by atoms with Crippen LogP contribution in [0.4, 0.5) is 15.0 Å². The molecule has 1 saturated carbocycles. The Bertz CT molecular complexity index is 902. The van der Waals surface area contributed by atoms with Crippen LogP contribution in [-0.2, 0) is 4.74 Å². The Kier molecular flexibility index (Phi) is 6.37. The molecule has 174 valence electrons. The Balaban J connectivity index is 1.37. The second-order valence-corrected chi connectivity index (χ2v) is 9.24. The van der Waals surface area contributed by atoms with E-state index in [1.54, 1.807) is 6.92 Å². The number of ether oxygens (including phenoxy) is 1. The van der Waals surface area contributed by atoms with Gasteiger partial charge >= 0.3 is 6.09 Å². The molecule has 1 atom stereocenters. The van der Waals surface area contributed by atoms with Gasteiger partial charge in [-0.25, -0.2) is 14.2 Å². The van der Waals surface area contributed by atoms with Crippen LogP contribution in [0.2, 0.25) is 0 Å². The molecule has 2 aliphatic heterocycles. The van der Waals surface area contributed by atoms with Gasteiger partial charge in [0.2, 0.25) is 0 Å². The molecule has 1 spiro atoms. The minimum Gasteiger partial charge on any atom is -0.450 e. The van der Waals surface area contributed by atoms with E-state index in [9.17, 15) is 9.18 Å². The lowest BCUT2D eigenvalue weighted by atomic mass is 9.78. The Hall–Kier alpha value is -2.68. The monoisotopic (exact) mass is 444 g/mol. The largest absolute Gasteiger partial charge is 0.450 e. The first-order valence-corrected chi connectivity index (χ1v) is 11.4. The summed E-state index contributed by atoms with van der Waals surface area (Å²) in [5.41, 5.74) is 7.74. The highest BCUT2D eigenvalue weighted by atomic mass is 19.1. The predicted molar refractivity (Wildman–Crippen MR) is 122 cm³/mol. The molecule has 9 heteroatoms. The van der Waals surface area contributed by atoms with E-state index in [-0.39, 0.29) is 11.5 Å². The molecule has 32 heavy (non-hydrogen) atoms. The fourth-order valence-electron chi connectivity index (χ4n) is 5.47. The van der Waals surface area contributed by atoms with Crippen molar-refractivity contribution in [2.24, 2.45) is 11.1 Å². The van der Waals surface area contributed by atoms with Gasteiger partial charge in [-0.05, 0) is 39.2 Å². The van der Waals surface area contributed by atoms with Crippen LogP contribution in [0.25, 0.3) is 5.57 Å². The molecule has 4 rings (SSSR count). The summed E-state index contributed by atoms with van der Waals surface area (Å²) in [5, 5.41) is 7.71. The van der Waals surface area contributed by atoms with Gasteiger partial charge in [-0.15, -0.1) is 0 Å². The SMILES string of the molecule is CCOC(=O)N1CC2(CC[C@@H](N3CCN(c4ncc(F)cc4C(C=N)=C(C)N)CC3)C2)C1. The molecule has 1 aromatic heterocycles. The topological polar surface area (TPSA) is 98.8 Å². The van der Waals surface area contributed by atoms with Gasteiger partial charge < -0.3 is 25.7 Å². The third kappa shape index (κ3) is 4.30. The lowest BCUT2D eigenvalue weighted by Crippen LogP contribution is -2.58. The number of likely N-dealkylation sites (tertiary alicyclic amines) is 1. The number of anilines is 1. The smallest absolute Gasteiger partial charge is 0.409 e. The molecule has 0 aromatic carbocycles. The summed E-state index contributed by atoms with van der Waals surface area (Å²) >= 11 is 0. The number of pyridine rings is 1. The van der Waals surface area contributed by atoms with E-state index in [2.05, 4.69) is 14.8 Å². The molecule has 8 nitrogen and oxygen atoms in total. The van der Waals surface area contributed by atoms with Crippen LogP contribution in [0.15, 0.2) is 18.0 Å². The van der Waals surface area contributed by atoms with Crippen LogP contribution in [0.5, 0.6) is 0 Å². The molecule has 1 amide bonds. The summed E-state index contributed by atoms with van der Waals surface area (Å²) in [6.45, 7) is 8.98. The van der Waals surface area contributed by atoms with Gasteiger partial charge in [-0.1, -0.05) is 0 Å². The van der Waals surface area contributed by atoms with E-state index in [1.165, 1.54) is 18.5 Å². The number of allylic oxidation sites excluding steroid dienone is 2. The van der Waals surface area contributed by atoms with Crippen molar-refractivity contribution in [3.63, 3.8) is 0 Å². The molecule has 3 N–H and O–H groups in total. The number of aromatic nitrogens is 1. The molecule has 3 heterocycles. The number of hydrogen-bond acceptors (Lipinski definition) is 7. The van der Waals surface area contributed by atoms with Crippen molar-refractivity contribution in [2.45, 2.75) is 39.2 Å². The van der Waals surface area contributed by atoms with Gasteiger partial charge in [-0.3, -0.25) is 4.90 Å². The van der Waals surface area contributed by atoms with Crippen molar-refractivity contribution in [1.29, 1.82) is 5.41 Å². The second kappa shape index (κ2) is 9.05. The molecule has 0 bridgehead atoms. The maximum Gasteiger partial charge on any atom is 0.409 e. The first-order valence-electron chi connectivity index (χ1n) is 11.4. The molecule has 0 unspecified atom stereocenters. The molecule has 3 fully saturated rings. The van der Waals surface area contributed by atoms with Crippen molar-refractivity contribution in [2.75, 3.05) is 50.8 Å². The van der Waals surface area contributed by atoms with Crippen molar-refractivity contribution in [3.8, 4) is 0 Å². The van der Waals surface area contributed by atoms with Crippen LogP contribution in [-0.4, -0.2) is 79.0 Å². The highest BCUT2D eigenvalue weighted by molar-refractivity contribution is 6.11. The number of halogens is 1. The first-order chi connectivity index (χ1) is 15.4. The second-order valence-electron chi connectivity index (χ2n) is 9.24. The Labute approximate surface area is 188 Å². The summed E-state index contributed by atoms with van der Waals surface area (Å²) < 4.78 is 19.0. The standard InChI is InChI=1S/C23H33FN6O2/c1-3-32-22(31)30-14-23(15-30)5-4-18(11-23)28-6-8-29(9-7-28)21-19(10-17(24)13-27-21)20(12-25)16(2)26/h10,12-13,18,25H,3-9,11,14-15,26H2,1-2H3/t18-/m1/s1. The first kappa shape index (κ1) is 22.5. The highest BCUT2D eigenvalue weighted by Gasteiger charge is 2.51. The Morgan fingerprint density at radius 2 is 2.09 bits per heavy atom. The average Bonchev–Trinajstić information content (AvgIpc) is 3.19. The minimum atomic E-state index is -0.434. The zero-order chi connectivity index (χ0) is 22.9. The van der Waals surface area contributed by atoms with Gasteiger partial charge in [0.25, 0.3) is 0 Å². The third-order valence-corrected chi connectivity index (χ3v) is 7.08. The van der Waals surface area contributed by atoms with Gasteiger partial charge in [-0.2, -0.15) is 0 Å². The maximum absolute atomic E-state index is 13.9. The number of hydrogen-bond donors (Lipinski definition) is 2. The molecular formula is C23H33FN6O2. The van der Waals surface area contributed by atoms with E-state index in [0.717, 1.165) is 58.5 Å². The van der Waals surface area contributed by atoms with E-state index < -0.39 is 5.82 Å². The van der Waals surface area contributed by atoms with E-state index in [1.807, 2.05) is 11.8 Å². The maximum atomic E-state index is 13.9. The van der Waals surface area contributed by atoms with E-state index >= 15 is 0 Å². The zero-order valence-corrected chi connectivity index (χ0v) is 18.9. The molecule has 1 aliphatic carbocycles. The van der Waals surface area contributed by atoms with Crippen LogP contribution in [0, 0.1) is 16.6 Å². The van der Waals surface area contributed by atoms with Gasteiger partial charge in [0, 0.05) is 73.8 Å². The summed E-state index contributed by atoms with van der Waals surface area (Å²) in [7, 11) is 0. The summed E-state index contributed by atoms with van der Waals surface area (Å²) in [6, 6.07) is 1.95. The van der Waals surface area contributed by atoms with Crippen molar-refractivity contribution in [3.05, 3.63) is 29.3 Å². The Morgan fingerprint density at radius 3 is 2.72 bits per heavy atom. The van der Waals surface area contributed by atoms with Crippen LogP contribution < -0.4 is 10.6 Å². The molecule has 2 saturated heterocycles. The number of piperazine rings is 1. The number of nitrogens with zero attached hydrogens (tertiary/aromatic N) is 4. The van der Waals surface area contributed by atoms with Crippen molar-refractivity contribution in [1.82, 2.24) is 14.8 Å². The van der Waals surface area contributed by atoms with Crippen molar-refractivity contribution >= 4 is 23.7 Å². The quantitative estimate of drug-likeness (QED) is 0.678. The average molecular weight is 445 g/mol. The van der Waals surface area contributed by atoms with Crippen LogP contribution in [0.1, 0.15) is 38.7 Å².